The molecule has 1 aromatic heterocycles. The summed E-state index contributed by atoms with van der Waals surface area (Å²) in [6, 6.07) is 14.7. The second-order valence-electron chi connectivity index (χ2n) is 6.79. The molecule has 2 amide bonds. The standard InChI is InChI=1S/C21H21N3O4/c1-14-22-18-8-7-15(13-19(18)27-14)23-20(25)21(26)24-11-9-17(10-12-24)28-16-5-3-2-4-6-16/h2-8,13,17H,9-12H2,1H3,(H,23,25). The number of anilines is 1. The summed E-state index contributed by atoms with van der Waals surface area (Å²) in [5.74, 6) is 0.184. The number of oxazole rings is 1. The van der Waals surface area contributed by atoms with Crippen LogP contribution >= 0.6 is 0 Å². The van der Waals surface area contributed by atoms with Crippen molar-refractivity contribution in [3.8, 4) is 5.75 Å². The zero-order valence-electron chi connectivity index (χ0n) is 15.6. The minimum absolute atomic E-state index is 0.0478. The molecule has 0 unspecified atom stereocenters. The summed E-state index contributed by atoms with van der Waals surface area (Å²) < 4.78 is 11.4. The number of carbonyl (C=O) groups excluding carboxylic acids is 2. The van der Waals surface area contributed by atoms with Gasteiger partial charge in [0.05, 0.1) is 0 Å². The largest absolute Gasteiger partial charge is 0.490 e. The van der Waals surface area contributed by atoms with Crippen molar-refractivity contribution >= 4 is 28.6 Å². The van der Waals surface area contributed by atoms with Gasteiger partial charge in [-0.1, -0.05) is 18.2 Å². The van der Waals surface area contributed by atoms with E-state index in [0.29, 0.717) is 48.6 Å². The van der Waals surface area contributed by atoms with Gasteiger partial charge in [0.2, 0.25) is 0 Å². The van der Waals surface area contributed by atoms with Crippen LogP contribution in [0.25, 0.3) is 11.1 Å². The third-order valence-corrected chi connectivity index (χ3v) is 4.72. The number of amides is 2. The van der Waals surface area contributed by atoms with Gasteiger partial charge in [0.15, 0.2) is 11.5 Å². The Morgan fingerprint density at radius 3 is 2.64 bits per heavy atom. The minimum Gasteiger partial charge on any atom is -0.490 e. The predicted octanol–water partition coefficient (Wildman–Crippen LogP) is 3.14. The second-order valence-corrected chi connectivity index (χ2v) is 6.79. The molecule has 7 heteroatoms. The molecule has 0 saturated carbocycles. The number of fused-ring (bicyclic) bond motifs is 1. The first-order valence-corrected chi connectivity index (χ1v) is 9.27. The van der Waals surface area contributed by atoms with Crippen LogP contribution in [0.2, 0.25) is 0 Å². The van der Waals surface area contributed by atoms with E-state index >= 15 is 0 Å². The monoisotopic (exact) mass is 379 g/mol. The lowest BCUT2D eigenvalue weighted by Gasteiger charge is -2.31. The number of nitrogens with one attached hydrogen (secondary N) is 1. The van der Waals surface area contributed by atoms with E-state index in [9.17, 15) is 9.59 Å². The van der Waals surface area contributed by atoms with Gasteiger partial charge < -0.3 is 19.4 Å². The second kappa shape index (κ2) is 7.72. The Morgan fingerprint density at radius 2 is 1.89 bits per heavy atom. The number of aromatic nitrogens is 1. The van der Waals surface area contributed by atoms with Gasteiger partial charge in [-0.3, -0.25) is 9.59 Å². The van der Waals surface area contributed by atoms with E-state index in [0.717, 1.165) is 5.75 Å². The minimum atomic E-state index is -0.655. The van der Waals surface area contributed by atoms with Crippen LogP contribution in [0.1, 0.15) is 18.7 Å². The van der Waals surface area contributed by atoms with Crippen LogP contribution in [0.3, 0.4) is 0 Å². The third-order valence-electron chi connectivity index (χ3n) is 4.72. The Bertz CT molecular complexity index is 991. The summed E-state index contributed by atoms with van der Waals surface area (Å²) in [6.45, 7) is 2.74. The number of aryl methyl sites for hydroxylation is 1. The van der Waals surface area contributed by atoms with Crippen LogP contribution in [0.4, 0.5) is 5.69 Å². The molecule has 3 aromatic rings. The number of para-hydroxylation sites is 1. The maximum absolute atomic E-state index is 12.5. The van der Waals surface area contributed by atoms with Gasteiger partial charge in [-0.25, -0.2) is 4.98 Å². The van der Waals surface area contributed by atoms with E-state index in [2.05, 4.69) is 10.3 Å². The molecule has 0 atom stereocenters. The van der Waals surface area contributed by atoms with Crippen molar-refractivity contribution in [2.24, 2.45) is 0 Å². The third kappa shape index (κ3) is 3.98. The van der Waals surface area contributed by atoms with Gasteiger partial charge in [-0.2, -0.15) is 0 Å². The highest BCUT2D eigenvalue weighted by molar-refractivity contribution is 6.39. The molecule has 1 fully saturated rings. The van der Waals surface area contributed by atoms with E-state index in [1.54, 1.807) is 30.0 Å². The van der Waals surface area contributed by atoms with Crippen molar-refractivity contribution in [3.05, 3.63) is 54.4 Å². The molecule has 1 aliphatic rings. The Kier molecular flexibility index (Phi) is 4.97. The fourth-order valence-corrected chi connectivity index (χ4v) is 3.31. The number of ether oxygens (including phenoxy) is 1. The van der Waals surface area contributed by atoms with E-state index < -0.39 is 11.8 Å². The van der Waals surface area contributed by atoms with Crippen LogP contribution in [0.5, 0.6) is 5.75 Å². The number of carbonyl (C=O) groups is 2. The number of rotatable bonds is 3. The summed E-state index contributed by atoms with van der Waals surface area (Å²) in [5.41, 5.74) is 1.79. The summed E-state index contributed by atoms with van der Waals surface area (Å²) in [7, 11) is 0. The number of nitrogens with zero attached hydrogens (tertiary/aromatic N) is 2. The average Bonchev–Trinajstić information content (AvgIpc) is 3.08. The van der Waals surface area contributed by atoms with Crippen molar-refractivity contribution in [3.63, 3.8) is 0 Å². The van der Waals surface area contributed by atoms with E-state index in [1.807, 2.05) is 30.3 Å². The van der Waals surface area contributed by atoms with Crippen LogP contribution in [0.15, 0.2) is 52.9 Å². The van der Waals surface area contributed by atoms with Crippen molar-refractivity contribution in [2.75, 3.05) is 18.4 Å². The van der Waals surface area contributed by atoms with Crippen LogP contribution in [0, 0.1) is 6.92 Å². The smallest absolute Gasteiger partial charge is 0.313 e. The lowest BCUT2D eigenvalue weighted by Crippen LogP contribution is -2.46. The summed E-state index contributed by atoms with van der Waals surface area (Å²) in [5, 5.41) is 2.64. The molecule has 28 heavy (non-hydrogen) atoms. The van der Waals surface area contributed by atoms with E-state index in [1.165, 1.54) is 0 Å². The molecular weight excluding hydrogens is 358 g/mol. The topological polar surface area (TPSA) is 84.7 Å². The molecule has 4 rings (SSSR count). The zero-order chi connectivity index (χ0) is 19.5. The molecule has 1 N–H and O–H groups in total. The fourth-order valence-electron chi connectivity index (χ4n) is 3.31. The molecule has 1 saturated heterocycles. The van der Waals surface area contributed by atoms with E-state index in [4.69, 9.17) is 9.15 Å². The van der Waals surface area contributed by atoms with Gasteiger partial charge in [0, 0.05) is 44.6 Å². The molecule has 2 heterocycles. The maximum atomic E-state index is 12.5. The van der Waals surface area contributed by atoms with Gasteiger partial charge in [-0.05, 0) is 24.3 Å². The highest BCUT2D eigenvalue weighted by Crippen LogP contribution is 2.21. The Balaban J connectivity index is 1.32. The fraction of sp³-hybridized carbons (Fsp3) is 0.286. The predicted molar refractivity (Wildman–Crippen MR) is 104 cm³/mol. The van der Waals surface area contributed by atoms with Gasteiger partial charge in [0.25, 0.3) is 0 Å². The molecule has 0 spiro atoms. The molecular formula is C21H21N3O4. The van der Waals surface area contributed by atoms with Crippen LogP contribution in [-0.2, 0) is 9.59 Å². The highest BCUT2D eigenvalue weighted by atomic mass is 16.5. The van der Waals surface area contributed by atoms with Gasteiger partial charge in [0.1, 0.15) is 17.4 Å². The van der Waals surface area contributed by atoms with Crippen molar-refractivity contribution in [2.45, 2.75) is 25.9 Å². The zero-order valence-corrected chi connectivity index (χ0v) is 15.6. The Morgan fingerprint density at radius 1 is 1.14 bits per heavy atom. The molecule has 144 valence electrons. The van der Waals surface area contributed by atoms with Gasteiger partial charge >= 0.3 is 11.8 Å². The number of piperidine rings is 1. The molecule has 0 radical (unpaired) electrons. The average molecular weight is 379 g/mol. The normalized spacial score (nSPS) is 14.8. The first-order chi connectivity index (χ1) is 13.6. The number of benzene rings is 2. The molecule has 7 nitrogen and oxygen atoms in total. The number of hydrogen-bond acceptors (Lipinski definition) is 5. The summed E-state index contributed by atoms with van der Waals surface area (Å²) in [4.78, 5) is 30.6. The van der Waals surface area contributed by atoms with Crippen molar-refractivity contribution < 1.29 is 18.7 Å². The Hall–Kier alpha value is -3.35. The maximum Gasteiger partial charge on any atom is 0.313 e. The summed E-state index contributed by atoms with van der Waals surface area (Å²) >= 11 is 0. The lowest BCUT2D eigenvalue weighted by atomic mass is 10.1. The van der Waals surface area contributed by atoms with Crippen molar-refractivity contribution in [1.82, 2.24) is 9.88 Å². The lowest BCUT2D eigenvalue weighted by molar-refractivity contribution is -0.144. The van der Waals surface area contributed by atoms with Crippen molar-refractivity contribution in [1.29, 1.82) is 0 Å². The molecule has 0 aliphatic carbocycles. The highest BCUT2D eigenvalue weighted by Gasteiger charge is 2.28. The first-order valence-electron chi connectivity index (χ1n) is 9.27. The number of likely N-dealkylation sites (tertiary alicyclic amines) is 1. The first kappa shape index (κ1) is 18.0. The SMILES string of the molecule is Cc1nc2ccc(NC(=O)C(=O)N3CCC(Oc4ccccc4)CC3)cc2o1. The Labute approximate surface area is 162 Å². The molecule has 2 aromatic carbocycles. The van der Waals surface area contributed by atoms with Crippen LogP contribution < -0.4 is 10.1 Å². The summed E-state index contributed by atoms with van der Waals surface area (Å²) in [6.07, 6.45) is 1.43. The quantitative estimate of drug-likeness (QED) is 0.707. The molecule has 0 bridgehead atoms. The van der Waals surface area contributed by atoms with E-state index in [-0.39, 0.29) is 6.10 Å². The number of hydrogen-bond donors (Lipinski definition) is 1. The van der Waals surface area contributed by atoms with Gasteiger partial charge in [-0.15, -0.1) is 0 Å². The molecule has 1 aliphatic heterocycles. The van der Waals surface area contributed by atoms with Crippen LogP contribution in [-0.4, -0.2) is 40.9 Å².